The number of hydrogen-bond donors (Lipinski definition) is 1. The summed E-state index contributed by atoms with van der Waals surface area (Å²) in [6, 6.07) is 17.6. The summed E-state index contributed by atoms with van der Waals surface area (Å²) in [7, 11) is 2.34. The average molecular weight is 576 g/mol. The first-order chi connectivity index (χ1) is 19.8. The molecule has 1 saturated heterocycles. The van der Waals surface area contributed by atoms with E-state index in [1.54, 1.807) is 57.7 Å². The van der Waals surface area contributed by atoms with Gasteiger partial charge in [0, 0.05) is 43.4 Å². The van der Waals surface area contributed by atoms with E-state index in [4.69, 9.17) is 14.2 Å². The van der Waals surface area contributed by atoms with Crippen molar-refractivity contribution in [3.63, 3.8) is 0 Å². The Morgan fingerprint density at radius 3 is 2.12 bits per heavy atom. The first-order valence-electron chi connectivity index (χ1n) is 13.3. The van der Waals surface area contributed by atoms with Gasteiger partial charge in [0.15, 0.2) is 11.5 Å². The molecule has 10 heteroatoms. The van der Waals surface area contributed by atoms with Crippen molar-refractivity contribution in [3.8, 4) is 17.2 Å². The van der Waals surface area contributed by atoms with Gasteiger partial charge >= 0.3 is 0 Å². The van der Waals surface area contributed by atoms with Gasteiger partial charge in [0.05, 0.1) is 37.4 Å². The number of anilines is 1. The molecule has 3 aromatic carbocycles. The topological polar surface area (TPSA) is 107 Å². The van der Waals surface area contributed by atoms with E-state index in [0.29, 0.717) is 52.5 Å². The summed E-state index contributed by atoms with van der Waals surface area (Å²) in [6.07, 6.45) is 3.07. The van der Waals surface area contributed by atoms with Crippen LogP contribution >= 0.6 is 0 Å². The highest BCUT2D eigenvalue weighted by molar-refractivity contribution is 7.91. The van der Waals surface area contributed by atoms with Crippen molar-refractivity contribution in [2.24, 2.45) is 0 Å². The van der Waals surface area contributed by atoms with E-state index in [1.807, 2.05) is 24.3 Å². The zero-order chi connectivity index (χ0) is 29.1. The zero-order valence-electron chi connectivity index (χ0n) is 23.5. The Kier molecular flexibility index (Phi) is 8.03. The lowest BCUT2D eigenvalue weighted by molar-refractivity contribution is 0.0963. The van der Waals surface area contributed by atoms with Crippen LogP contribution in [0, 0.1) is 0 Å². The SMILES string of the molecule is CNC(=O)c1ccc(C2CCN(c3c(S(=O)(=O)c4ccc(OC)cc4)cnc4cc(OC)c(OC)cc34)CC2)cc1. The summed E-state index contributed by atoms with van der Waals surface area (Å²) in [6.45, 7) is 1.28. The van der Waals surface area contributed by atoms with Gasteiger partial charge in [0.1, 0.15) is 10.6 Å². The van der Waals surface area contributed by atoms with E-state index >= 15 is 0 Å². The molecule has 1 aliphatic heterocycles. The molecule has 0 bridgehead atoms. The summed E-state index contributed by atoms with van der Waals surface area (Å²) in [5.41, 5.74) is 2.99. The maximum Gasteiger partial charge on any atom is 0.251 e. The number of carbonyl (C=O) groups excluding carboxylic acids is 1. The molecule has 1 aromatic heterocycles. The summed E-state index contributed by atoms with van der Waals surface area (Å²) in [4.78, 5) is 18.9. The fourth-order valence-corrected chi connectivity index (χ4v) is 6.81. The maximum atomic E-state index is 14.0. The van der Waals surface area contributed by atoms with Gasteiger partial charge in [-0.3, -0.25) is 9.78 Å². The summed E-state index contributed by atoms with van der Waals surface area (Å²) in [5.74, 6) is 1.75. The quantitative estimate of drug-likeness (QED) is 0.318. The van der Waals surface area contributed by atoms with Gasteiger partial charge in [-0.2, -0.15) is 0 Å². The van der Waals surface area contributed by atoms with Crippen LogP contribution in [-0.2, 0) is 9.84 Å². The van der Waals surface area contributed by atoms with Crippen molar-refractivity contribution >= 4 is 32.3 Å². The fourth-order valence-electron chi connectivity index (χ4n) is 5.38. The smallest absolute Gasteiger partial charge is 0.251 e. The van der Waals surface area contributed by atoms with Crippen molar-refractivity contribution < 1.29 is 27.4 Å². The molecule has 9 nitrogen and oxygen atoms in total. The maximum absolute atomic E-state index is 14.0. The van der Waals surface area contributed by atoms with Gasteiger partial charge < -0.3 is 24.4 Å². The normalized spacial score (nSPS) is 14.1. The first-order valence-corrected chi connectivity index (χ1v) is 14.8. The molecular weight excluding hydrogens is 542 g/mol. The van der Waals surface area contributed by atoms with E-state index in [1.165, 1.54) is 13.3 Å². The van der Waals surface area contributed by atoms with Crippen molar-refractivity contribution in [2.45, 2.75) is 28.6 Å². The van der Waals surface area contributed by atoms with Gasteiger partial charge in [0.2, 0.25) is 9.84 Å². The predicted octanol–water partition coefficient (Wildman–Crippen LogP) is 4.84. The number of fused-ring (bicyclic) bond motifs is 1. The largest absolute Gasteiger partial charge is 0.497 e. The number of methoxy groups -OCH3 is 3. The molecular formula is C31H33N3O6S. The zero-order valence-corrected chi connectivity index (χ0v) is 24.3. The molecule has 0 saturated carbocycles. The number of nitrogens with zero attached hydrogens (tertiary/aromatic N) is 2. The van der Waals surface area contributed by atoms with Crippen LogP contribution < -0.4 is 24.4 Å². The molecule has 0 radical (unpaired) electrons. The molecule has 41 heavy (non-hydrogen) atoms. The Morgan fingerprint density at radius 1 is 0.902 bits per heavy atom. The van der Waals surface area contributed by atoms with Crippen LogP contribution in [-0.4, -0.2) is 60.8 Å². The predicted molar refractivity (Wildman–Crippen MR) is 157 cm³/mol. The van der Waals surface area contributed by atoms with Crippen molar-refractivity contribution in [1.29, 1.82) is 0 Å². The third-order valence-corrected chi connectivity index (χ3v) is 9.42. The highest BCUT2D eigenvalue weighted by Gasteiger charge is 2.30. The van der Waals surface area contributed by atoms with Gasteiger partial charge in [0.25, 0.3) is 5.91 Å². The second kappa shape index (κ2) is 11.7. The Morgan fingerprint density at radius 2 is 1.54 bits per heavy atom. The van der Waals surface area contributed by atoms with Crippen LogP contribution in [0.2, 0.25) is 0 Å². The lowest BCUT2D eigenvalue weighted by Crippen LogP contribution is -2.34. The molecule has 0 aliphatic carbocycles. The summed E-state index contributed by atoms with van der Waals surface area (Å²) >= 11 is 0. The number of sulfone groups is 1. The molecule has 4 aromatic rings. The molecule has 0 spiro atoms. The van der Waals surface area contributed by atoms with Crippen molar-refractivity contribution in [3.05, 3.63) is 78.0 Å². The highest BCUT2D eigenvalue weighted by Crippen LogP contribution is 2.42. The molecule has 1 N–H and O–H groups in total. The van der Waals surface area contributed by atoms with Crippen molar-refractivity contribution in [2.75, 3.05) is 46.4 Å². The number of pyridine rings is 1. The van der Waals surface area contributed by atoms with Gasteiger partial charge in [-0.15, -0.1) is 0 Å². The number of aromatic nitrogens is 1. The molecule has 1 amide bonds. The Labute approximate surface area is 240 Å². The number of ether oxygens (including phenoxy) is 3. The van der Waals surface area contributed by atoms with E-state index in [2.05, 4.69) is 15.2 Å². The monoisotopic (exact) mass is 575 g/mol. The number of piperidine rings is 1. The van der Waals surface area contributed by atoms with Crippen LogP contribution in [0.5, 0.6) is 17.2 Å². The highest BCUT2D eigenvalue weighted by atomic mass is 32.2. The van der Waals surface area contributed by atoms with E-state index in [0.717, 1.165) is 18.4 Å². The van der Waals surface area contributed by atoms with Gasteiger partial charge in [-0.1, -0.05) is 12.1 Å². The minimum absolute atomic E-state index is 0.117. The average Bonchev–Trinajstić information content (AvgIpc) is 3.03. The lowest BCUT2D eigenvalue weighted by atomic mass is 9.88. The van der Waals surface area contributed by atoms with Crippen LogP contribution in [0.4, 0.5) is 5.69 Å². The number of benzene rings is 3. The van der Waals surface area contributed by atoms with Crippen LogP contribution in [0.1, 0.15) is 34.7 Å². The number of amides is 1. The van der Waals surface area contributed by atoms with E-state index in [-0.39, 0.29) is 21.6 Å². The van der Waals surface area contributed by atoms with Gasteiger partial charge in [-0.25, -0.2) is 8.42 Å². The number of carbonyl (C=O) groups is 1. The Hall–Kier alpha value is -4.31. The third-order valence-electron chi connectivity index (χ3n) is 7.65. The second-order valence-electron chi connectivity index (χ2n) is 9.84. The number of rotatable bonds is 8. The molecule has 2 heterocycles. The molecule has 214 valence electrons. The molecule has 1 fully saturated rings. The molecule has 0 atom stereocenters. The van der Waals surface area contributed by atoms with E-state index < -0.39 is 9.84 Å². The van der Waals surface area contributed by atoms with E-state index in [9.17, 15) is 13.2 Å². The third kappa shape index (κ3) is 5.39. The minimum atomic E-state index is -3.92. The fraction of sp³-hybridized carbons (Fsp3) is 0.290. The molecule has 1 aliphatic rings. The van der Waals surface area contributed by atoms with Crippen molar-refractivity contribution in [1.82, 2.24) is 10.3 Å². The first kappa shape index (κ1) is 28.2. The van der Waals surface area contributed by atoms with Crippen LogP contribution in [0.3, 0.4) is 0 Å². The second-order valence-corrected chi connectivity index (χ2v) is 11.8. The van der Waals surface area contributed by atoms with Crippen LogP contribution in [0.15, 0.2) is 76.7 Å². The lowest BCUT2D eigenvalue weighted by Gasteiger charge is -2.35. The molecule has 5 rings (SSSR count). The number of nitrogens with one attached hydrogen (secondary N) is 1. The van der Waals surface area contributed by atoms with Crippen LogP contribution in [0.25, 0.3) is 10.9 Å². The standard InChI is InChI=1S/C31H33N3O6S/c1-32-31(35)22-7-5-20(6-8-22)21-13-15-34(16-14-21)30-25-17-27(39-3)28(40-4)18-26(25)33-19-29(30)41(36,37)24-11-9-23(38-2)10-12-24/h5-12,17-19,21H,13-16H2,1-4H3,(H,32,35). The Balaban J connectivity index is 1.55. The summed E-state index contributed by atoms with van der Waals surface area (Å²) in [5, 5.41) is 3.32. The molecule has 0 unspecified atom stereocenters. The minimum Gasteiger partial charge on any atom is -0.497 e. The van der Waals surface area contributed by atoms with Gasteiger partial charge in [-0.05, 0) is 66.8 Å². The Bertz CT molecular complexity index is 1660. The number of hydrogen-bond acceptors (Lipinski definition) is 8. The summed E-state index contributed by atoms with van der Waals surface area (Å²) < 4.78 is 44.3.